The number of anilines is 4. The van der Waals surface area contributed by atoms with E-state index < -0.39 is 0 Å². The van der Waals surface area contributed by atoms with Crippen molar-refractivity contribution in [2.45, 2.75) is 33.1 Å². The molecule has 0 aliphatic carbocycles. The van der Waals surface area contributed by atoms with E-state index in [0.717, 1.165) is 68.4 Å². The lowest BCUT2D eigenvalue weighted by molar-refractivity contribution is -0.140. The Morgan fingerprint density at radius 2 is 1.95 bits per heavy atom. The molecule has 0 atom stereocenters. The summed E-state index contributed by atoms with van der Waals surface area (Å²) in [4.78, 5) is 40.4. The minimum atomic E-state index is -0.140. The van der Waals surface area contributed by atoms with Gasteiger partial charge in [0.2, 0.25) is 0 Å². The smallest absolute Gasteiger partial charge is 0.305 e. The van der Waals surface area contributed by atoms with Crippen molar-refractivity contribution in [2.24, 2.45) is 0 Å². The Balaban J connectivity index is 0.000000353. The van der Waals surface area contributed by atoms with Crippen molar-refractivity contribution in [3.05, 3.63) is 51.7 Å². The predicted octanol–water partition coefficient (Wildman–Crippen LogP) is 4.95. The minimum absolute atomic E-state index is 0.140. The molecule has 39 heavy (non-hydrogen) atoms. The maximum Gasteiger partial charge on any atom is 0.305 e. The standard InChI is InChI=1S/C19H26N6O3S.C8H10ClN/c1-14-21-16(23-19-20-12-15(13-26)29-19)11-17(22-14)25-9-7-24(8-10-25)6-4-3-5-18(27)28-2;1-6-4-3-5-7(9)8(6)10-2/h11-13H,3-10H2,1-2H3,(H,20,21,22,23);3-5,10H,1-2H3. The van der Waals surface area contributed by atoms with Crippen LogP contribution in [0.1, 0.15) is 40.3 Å². The van der Waals surface area contributed by atoms with Crippen molar-refractivity contribution in [3.63, 3.8) is 0 Å². The second-order valence-electron chi connectivity index (χ2n) is 9.01. The zero-order valence-electron chi connectivity index (χ0n) is 22.9. The van der Waals surface area contributed by atoms with Gasteiger partial charge in [-0.1, -0.05) is 35.1 Å². The van der Waals surface area contributed by atoms with E-state index >= 15 is 0 Å². The van der Waals surface area contributed by atoms with Gasteiger partial charge in [0.25, 0.3) is 0 Å². The molecule has 2 aromatic heterocycles. The molecule has 1 saturated heterocycles. The third-order valence-electron chi connectivity index (χ3n) is 6.20. The lowest BCUT2D eigenvalue weighted by Gasteiger charge is -2.35. The number of nitrogens with one attached hydrogen (secondary N) is 2. The summed E-state index contributed by atoms with van der Waals surface area (Å²) in [6, 6.07) is 7.76. The normalized spacial score (nSPS) is 13.3. The molecule has 3 aromatic rings. The van der Waals surface area contributed by atoms with Crippen LogP contribution in [0.5, 0.6) is 0 Å². The van der Waals surface area contributed by atoms with E-state index in [-0.39, 0.29) is 5.97 Å². The molecule has 0 unspecified atom stereocenters. The fourth-order valence-corrected chi connectivity index (χ4v) is 5.10. The largest absolute Gasteiger partial charge is 0.469 e. The molecule has 3 heterocycles. The molecule has 210 valence electrons. The van der Waals surface area contributed by atoms with Crippen LogP contribution >= 0.6 is 22.9 Å². The molecule has 0 amide bonds. The summed E-state index contributed by atoms with van der Waals surface area (Å²) in [6.45, 7) is 8.57. The maximum absolute atomic E-state index is 11.2. The Labute approximate surface area is 238 Å². The average molecular weight is 574 g/mol. The number of aryl methyl sites for hydroxylation is 2. The molecule has 2 N–H and O–H groups in total. The van der Waals surface area contributed by atoms with Crippen molar-refractivity contribution in [2.75, 3.05) is 62.4 Å². The van der Waals surface area contributed by atoms with Gasteiger partial charge < -0.3 is 20.3 Å². The summed E-state index contributed by atoms with van der Waals surface area (Å²) >= 11 is 7.16. The summed E-state index contributed by atoms with van der Waals surface area (Å²) in [6.07, 6.45) is 4.66. The fraction of sp³-hybridized carbons (Fsp3) is 0.444. The fourth-order valence-electron chi connectivity index (χ4n) is 4.14. The van der Waals surface area contributed by atoms with Crippen LogP contribution in [0.2, 0.25) is 5.02 Å². The number of benzene rings is 1. The Morgan fingerprint density at radius 3 is 2.56 bits per heavy atom. The summed E-state index contributed by atoms with van der Waals surface area (Å²) in [5.41, 5.74) is 2.19. The molecule has 1 fully saturated rings. The second-order valence-corrected chi connectivity index (χ2v) is 10.5. The van der Waals surface area contributed by atoms with Crippen LogP contribution in [-0.4, -0.2) is 79.0 Å². The van der Waals surface area contributed by atoms with Gasteiger partial charge in [0.05, 0.1) is 28.9 Å². The Hall–Kier alpha value is -3.28. The Bertz CT molecular complexity index is 1210. The number of hydrogen-bond acceptors (Lipinski definition) is 11. The molecule has 0 radical (unpaired) electrons. The number of thiazole rings is 1. The van der Waals surface area contributed by atoms with Crippen molar-refractivity contribution in [3.8, 4) is 0 Å². The highest BCUT2D eigenvalue weighted by Crippen LogP contribution is 2.25. The highest BCUT2D eigenvalue weighted by Gasteiger charge is 2.19. The van der Waals surface area contributed by atoms with E-state index in [1.54, 1.807) is 6.20 Å². The van der Waals surface area contributed by atoms with Gasteiger partial charge in [-0.2, -0.15) is 0 Å². The lowest BCUT2D eigenvalue weighted by atomic mass is 10.2. The molecule has 10 nitrogen and oxygen atoms in total. The summed E-state index contributed by atoms with van der Waals surface area (Å²) < 4.78 is 4.67. The van der Waals surface area contributed by atoms with Gasteiger partial charge in [0.15, 0.2) is 11.4 Å². The van der Waals surface area contributed by atoms with E-state index in [2.05, 4.69) is 40.1 Å². The summed E-state index contributed by atoms with van der Waals surface area (Å²) in [5, 5.41) is 7.60. The molecule has 0 spiro atoms. The van der Waals surface area contributed by atoms with Gasteiger partial charge >= 0.3 is 5.97 Å². The first kappa shape index (κ1) is 30.3. The zero-order chi connectivity index (χ0) is 28.2. The number of halogens is 1. The van der Waals surface area contributed by atoms with Gasteiger partial charge in [-0.15, -0.1) is 0 Å². The van der Waals surface area contributed by atoms with Crippen LogP contribution in [0.25, 0.3) is 0 Å². The quantitative estimate of drug-likeness (QED) is 0.196. The number of hydrogen-bond donors (Lipinski definition) is 2. The van der Waals surface area contributed by atoms with Crippen molar-refractivity contribution in [1.29, 1.82) is 0 Å². The van der Waals surface area contributed by atoms with Crippen LogP contribution in [0.4, 0.5) is 22.5 Å². The number of unbranched alkanes of at least 4 members (excludes halogenated alkanes) is 1. The SMILES string of the molecule is CNc1c(C)cccc1Cl.COC(=O)CCCCN1CCN(c2cc(Nc3ncc(C=O)s3)nc(C)n2)CC1. The van der Waals surface area contributed by atoms with Crippen LogP contribution in [0.15, 0.2) is 30.5 Å². The molecule has 4 rings (SSSR count). The molecule has 0 bridgehead atoms. The minimum Gasteiger partial charge on any atom is -0.469 e. The summed E-state index contributed by atoms with van der Waals surface area (Å²) in [5.74, 6) is 2.10. The highest BCUT2D eigenvalue weighted by molar-refractivity contribution is 7.17. The van der Waals surface area contributed by atoms with Crippen molar-refractivity contribution < 1.29 is 14.3 Å². The van der Waals surface area contributed by atoms with Gasteiger partial charge in [-0.05, 0) is 44.9 Å². The third-order valence-corrected chi connectivity index (χ3v) is 7.35. The predicted molar refractivity (Wildman–Crippen MR) is 158 cm³/mol. The average Bonchev–Trinajstić information content (AvgIpc) is 3.39. The number of rotatable bonds is 10. The third kappa shape index (κ3) is 9.45. The number of aromatic nitrogens is 3. The van der Waals surface area contributed by atoms with Crippen molar-refractivity contribution in [1.82, 2.24) is 19.9 Å². The molecule has 1 aromatic carbocycles. The lowest BCUT2D eigenvalue weighted by Crippen LogP contribution is -2.47. The van der Waals surface area contributed by atoms with E-state index in [1.807, 2.05) is 45.2 Å². The van der Waals surface area contributed by atoms with Crippen LogP contribution in [-0.2, 0) is 9.53 Å². The number of carbonyl (C=O) groups excluding carboxylic acids is 2. The number of ether oxygens (including phenoxy) is 1. The Kier molecular flexibility index (Phi) is 11.9. The first-order chi connectivity index (χ1) is 18.8. The zero-order valence-corrected chi connectivity index (χ0v) is 24.4. The topological polar surface area (TPSA) is 113 Å². The molecule has 0 saturated carbocycles. The van der Waals surface area contributed by atoms with Crippen molar-refractivity contribution >= 4 is 57.6 Å². The first-order valence-electron chi connectivity index (χ1n) is 12.8. The monoisotopic (exact) mass is 573 g/mol. The number of piperazine rings is 1. The van der Waals surface area contributed by atoms with Crippen LogP contribution in [0.3, 0.4) is 0 Å². The van der Waals surface area contributed by atoms with E-state index in [9.17, 15) is 9.59 Å². The van der Waals surface area contributed by atoms with E-state index in [0.29, 0.717) is 28.1 Å². The maximum atomic E-state index is 11.2. The van der Waals surface area contributed by atoms with E-state index in [4.69, 9.17) is 11.6 Å². The highest BCUT2D eigenvalue weighted by atomic mass is 35.5. The number of carbonyl (C=O) groups is 2. The molecule has 1 aliphatic heterocycles. The molecular weight excluding hydrogens is 538 g/mol. The number of aldehydes is 1. The first-order valence-corrected chi connectivity index (χ1v) is 14.0. The number of methoxy groups -OCH3 is 1. The molecule has 1 aliphatic rings. The van der Waals surface area contributed by atoms with E-state index in [1.165, 1.54) is 24.0 Å². The van der Waals surface area contributed by atoms with Crippen LogP contribution in [0, 0.1) is 13.8 Å². The number of para-hydroxylation sites is 1. The number of esters is 1. The summed E-state index contributed by atoms with van der Waals surface area (Å²) in [7, 11) is 3.30. The Morgan fingerprint density at radius 1 is 1.18 bits per heavy atom. The number of nitrogens with zero attached hydrogens (tertiary/aromatic N) is 5. The molecule has 12 heteroatoms. The second kappa shape index (κ2) is 15.3. The van der Waals surface area contributed by atoms with Gasteiger partial charge in [0, 0.05) is 45.7 Å². The van der Waals surface area contributed by atoms with Gasteiger partial charge in [-0.3, -0.25) is 14.5 Å². The molecular formula is C27H36ClN7O3S. The van der Waals surface area contributed by atoms with Crippen LogP contribution < -0.4 is 15.5 Å². The van der Waals surface area contributed by atoms with Gasteiger partial charge in [-0.25, -0.2) is 15.0 Å². The van der Waals surface area contributed by atoms with Gasteiger partial charge in [0.1, 0.15) is 17.5 Å².